The Kier molecular flexibility index (Phi) is 6.08. The molecule has 0 saturated carbocycles. The van der Waals surface area contributed by atoms with Crippen LogP contribution in [0, 0.1) is 13.8 Å². The SMILES string of the molecule is CCS(=O)(=O)c1ccc(-c2cccc(C3(c4cc(C)c(OC)c(C)c4)N=C(C)C(N)=N3)c2)cc1. The van der Waals surface area contributed by atoms with Gasteiger partial charge in [0.05, 0.1) is 23.5 Å². The van der Waals surface area contributed by atoms with Crippen molar-refractivity contribution in [3.63, 3.8) is 0 Å². The molecule has 1 aliphatic rings. The van der Waals surface area contributed by atoms with Gasteiger partial charge in [-0.3, -0.25) is 0 Å². The van der Waals surface area contributed by atoms with Crippen molar-refractivity contribution in [3.05, 3.63) is 82.9 Å². The number of ether oxygens (including phenoxy) is 1. The number of sulfone groups is 1. The third-order valence-electron chi connectivity index (χ3n) is 6.24. The highest BCUT2D eigenvalue weighted by atomic mass is 32.2. The fraction of sp³-hybridized carbons (Fsp3) is 0.259. The van der Waals surface area contributed by atoms with E-state index in [1.54, 1.807) is 26.2 Å². The summed E-state index contributed by atoms with van der Waals surface area (Å²) < 4.78 is 29.9. The molecule has 7 heteroatoms. The zero-order valence-electron chi connectivity index (χ0n) is 20.1. The van der Waals surface area contributed by atoms with E-state index < -0.39 is 15.5 Å². The standard InChI is InChI=1S/C27H29N3O3S/c1-6-34(31,32)24-12-10-20(11-13-24)21-8-7-9-22(16-21)27(29-19(4)26(28)30-27)23-14-17(2)25(33-5)18(3)15-23/h7-16H,6H2,1-5H3,(H2,28,30). The number of nitrogens with two attached hydrogens (primary N) is 1. The molecule has 176 valence electrons. The van der Waals surface area contributed by atoms with Crippen molar-refractivity contribution < 1.29 is 13.2 Å². The van der Waals surface area contributed by atoms with Crippen LogP contribution in [0.2, 0.25) is 0 Å². The summed E-state index contributed by atoms with van der Waals surface area (Å²) in [6.07, 6.45) is 0. The molecule has 3 aromatic carbocycles. The Morgan fingerprint density at radius 1 is 0.882 bits per heavy atom. The largest absolute Gasteiger partial charge is 0.496 e. The summed E-state index contributed by atoms with van der Waals surface area (Å²) in [5.41, 5.74) is 11.5. The van der Waals surface area contributed by atoms with E-state index in [1.165, 1.54) is 0 Å². The molecule has 0 amide bonds. The lowest BCUT2D eigenvalue weighted by Crippen LogP contribution is -2.23. The first-order valence-electron chi connectivity index (χ1n) is 11.1. The van der Waals surface area contributed by atoms with Crippen LogP contribution in [0.5, 0.6) is 5.75 Å². The van der Waals surface area contributed by atoms with E-state index in [1.807, 2.05) is 69.3 Å². The maximum atomic E-state index is 12.2. The molecule has 0 spiro atoms. The minimum absolute atomic E-state index is 0.0713. The summed E-state index contributed by atoms with van der Waals surface area (Å²) in [6.45, 7) is 7.51. The Labute approximate surface area is 201 Å². The number of amidine groups is 1. The van der Waals surface area contributed by atoms with E-state index in [4.69, 9.17) is 20.5 Å². The van der Waals surface area contributed by atoms with E-state index in [9.17, 15) is 8.42 Å². The van der Waals surface area contributed by atoms with Crippen molar-refractivity contribution in [1.29, 1.82) is 0 Å². The lowest BCUT2D eigenvalue weighted by Gasteiger charge is -2.26. The van der Waals surface area contributed by atoms with Gasteiger partial charge < -0.3 is 10.5 Å². The number of aliphatic imine (C=N–C) groups is 2. The van der Waals surface area contributed by atoms with E-state index in [2.05, 4.69) is 0 Å². The zero-order valence-corrected chi connectivity index (χ0v) is 20.9. The van der Waals surface area contributed by atoms with Gasteiger partial charge in [-0.1, -0.05) is 37.3 Å². The van der Waals surface area contributed by atoms with Crippen LogP contribution in [-0.2, 0) is 15.5 Å². The van der Waals surface area contributed by atoms with Crippen LogP contribution in [0.4, 0.5) is 0 Å². The highest BCUT2D eigenvalue weighted by Gasteiger charge is 2.39. The summed E-state index contributed by atoms with van der Waals surface area (Å²) >= 11 is 0. The predicted octanol–water partition coefficient (Wildman–Crippen LogP) is 4.81. The molecule has 1 unspecified atom stereocenters. The van der Waals surface area contributed by atoms with Crippen molar-refractivity contribution >= 4 is 21.4 Å². The molecule has 34 heavy (non-hydrogen) atoms. The Morgan fingerprint density at radius 2 is 1.53 bits per heavy atom. The second-order valence-electron chi connectivity index (χ2n) is 8.52. The number of benzene rings is 3. The van der Waals surface area contributed by atoms with Crippen LogP contribution in [-0.4, -0.2) is 32.8 Å². The first kappa shape index (κ1) is 23.7. The summed E-state index contributed by atoms with van der Waals surface area (Å²) in [5.74, 6) is 1.32. The van der Waals surface area contributed by atoms with Gasteiger partial charge in [-0.15, -0.1) is 0 Å². The summed E-state index contributed by atoms with van der Waals surface area (Å²) in [6, 6.07) is 19.0. The molecular weight excluding hydrogens is 446 g/mol. The molecule has 1 atom stereocenters. The van der Waals surface area contributed by atoms with Gasteiger partial charge in [0.1, 0.15) is 11.6 Å². The van der Waals surface area contributed by atoms with Gasteiger partial charge in [-0.05, 0) is 73.4 Å². The number of hydrogen-bond donors (Lipinski definition) is 1. The molecule has 0 bridgehead atoms. The average Bonchev–Trinajstić information content (AvgIpc) is 3.14. The van der Waals surface area contributed by atoms with Gasteiger partial charge in [0.15, 0.2) is 9.84 Å². The van der Waals surface area contributed by atoms with E-state index in [-0.39, 0.29) is 5.75 Å². The lowest BCUT2D eigenvalue weighted by molar-refractivity contribution is 0.408. The molecule has 0 fully saturated rings. The third kappa shape index (κ3) is 4.01. The molecule has 2 N–H and O–H groups in total. The highest BCUT2D eigenvalue weighted by molar-refractivity contribution is 7.91. The highest BCUT2D eigenvalue weighted by Crippen LogP contribution is 2.42. The van der Waals surface area contributed by atoms with Crippen molar-refractivity contribution in [2.45, 2.75) is 38.3 Å². The van der Waals surface area contributed by atoms with Crippen LogP contribution in [0.1, 0.15) is 36.1 Å². The molecule has 0 aromatic heterocycles. The number of rotatable bonds is 6. The fourth-order valence-corrected chi connectivity index (χ4v) is 5.30. The van der Waals surface area contributed by atoms with Gasteiger partial charge in [0.25, 0.3) is 0 Å². The number of hydrogen-bond acceptors (Lipinski definition) is 6. The topological polar surface area (TPSA) is 94.1 Å². The van der Waals surface area contributed by atoms with Gasteiger partial charge in [-0.25, -0.2) is 18.4 Å². The summed E-state index contributed by atoms with van der Waals surface area (Å²) in [5, 5.41) is 0. The molecule has 0 aliphatic carbocycles. The molecule has 0 radical (unpaired) electrons. The van der Waals surface area contributed by atoms with Crippen LogP contribution in [0.15, 0.2) is 75.5 Å². The van der Waals surface area contributed by atoms with E-state index in [0.717, 1.165) is 39.1 Å². The second kappa shape index (κ2) is 8.72. The maximum Gasteiger partial charge on any atom is 0.204 e. The summed E-state index contributed by atoms with van der Waals surface area (Å²) in [7, 11) is -1.58. The molecule has 1 heterocycles. The quantitative estimate of drug-likeness (QED) is 0.554. The van der Waals surface area contributed by atoms with Crippen molar-refractivity contribution in [2.24, 2.45) is 15.7 Å². The monoisotopic (exact) mass is 475 g/mol. The lowest BCUT2D eigenvalue weighted by atomic mass is 9.88. The van der Waals surface area contributed by atoms with Crippen LogP contribution < -0.4 is 10.5 Å². The van der Waals surface area contributed by atoms with Gasteiger partial charge in [0.2, 0.25) is 5.66 Å². The molecule has 1 aliphatic heterocycles. The maximum absolute atomic E-state index is 12.2. The Bertz CT molecular complexity index is 1380. The van der Waals surface area contributed by atoms with Gasteiger partial charge in [-0.2, -0.15) is 0 Å². The third-order valence-corrected chi connectivity index (χ3v) is 7.99. The molecule has 0 saturated heterocycles. The summed E-state index contributed by atoms with van der Waals surface area (Å²) in [4.78, 5) is 10.1. The van der Waals surface area contributed by atoms with Crippen LogP contribution in [0.3, 0.4) is 0 Å². The van der Waals surface area contributed by atoms with E-state index in [0.29, 0.717) is 16.4 Å². The number of methoxy groups -OCH3 is 1. The second-order valence-corrected chi connectivity index (χ2v) is 10.8. The normalized spacial score (nSPS) is 17.9. The number of nitrogens with zero attached hydrogens (tertiary/aromatic N) is 2. The average molecular weight is 476 g/mol. The smallest absolute Gasteiger partial charge is 0.204 e. The number of aryl methyl sites for hydroxylation is 2. The minimum Gasteiger partial charge on any atom is -0.496 e. The molecule has 6 nitrogen and oxygen atoms in total. The van der Waals surface area contributed by atoms with Crippen molar-refractivity contribution in [2.75, 3.05) is 12.9 Å². The molecular formula is C27H29N3O3S. The van der Waals surface area contributed by atoms with Crippen LogP contribution in [0.25, 0.3) is 11.1 Å². The van der Waals surface area contributed by atoms with E-state index >= 15 is 0 Å². The Balaban J connectivity index is 1.86. The van der Waals surface area contributed by atoms with Gasteiger partial charge in [0, 0.05) is 11.1 Å². The van der Waals surface area contributed by atoms with Crippen molar-refractivity contribution in [1.82, 2.24) is 0 Å². The molecule has 3 aromatic rings. The zero-order chi connectivity index (χ0) is 24.7. The predicted molar refractivity (Wildman–Crippen MR) is 138 cm³/mol. The fourth-order valence-electron chi connectivity index (χ4n) is 4.42. The minimum atomic E-state index is -3.25. The first-order valence-corrected chi connectivity index (χ1v) is 12.8. The molecule has 4 rings (SSSR count). The Hall–Kier alpha value is -3.45. The van der Waals surface area contributed by atoms with Crippen molar-refractivity contribution in [3.8, 4) is 16.9 Å². The van der Waals surface area contributed by atoms with Crippen LogP contribution >= 0.6 is 0 Å². The van der Waals surface area contributed by atoms with Gasteiger partial charge >= 0.3 is 0 Å². The first-order chi connectivity index (χ1) is 16.1. The Morgan fingerprint density at radius 3 is 2.06 bits per heavy atom.